The average Bonchev–Trinajstić information content (AvgIpc) is 3.17. The SMILES string of the molecule is COC(=O)[C@H](Cc1cn(Cc2ccccc2)cn1)NC(=O)CSC[CH]C(=O)NC(C)C. The van der Waals surface area contributed by atoms with E-state index in [-0.39, 0.29) is 30.0 Å². The van der Waals surface area contributed by atoms with Crippen molar-refractivity contribution in [2.24, 2.45) is 0 Å². The molecule has 0 saturated heterocycles. The topological polar surface area (TPSA) is 102 Å². The van der Waals surface area contributed by atoms with Crippen LogP contribution in [0.2, 0.25) is 0 Å². The van der Waals surface area contributed by atoms with Gasteiger partial charge in [0.25, 0.3) is 0 Å². The lowest BCUT2D eigenvalue weighted by atomic mass is 10.1. The quantitative estimate of drug-likeness (QED) is 0.380. The lowest BCUT2D eigenvalue weighted by Gasteiger charge is -2.15. The maximum absolute atomic E-state index is 12.3. The van der Waals surface area contributed by atoms with E-state index in [4.69, 9.17) is 4.74 Å². The highest BCUT2D eigenvalue weighted by Crippen LogP contribution is 2.08. The Labute approximate surface area is 187 Å². The van der Waals surface area contributed by atoms with Crippen LogP contribution in [0.3, 0.4) is 0 Å². The molecule has 0 aliphatic heterocycles. The number of carbonyl (C=O) groups excluding carboxylic acids is 3. The predicted octanol–water partition coefficient (Wildman–Crippen LogP) is 1.59. The first-order valence-corrected chi connectivity index (χ1v) is 11.2. The van der Waals surface area contributed by atoms with Crippen LogP contribution in [0.25, 0.3) is 0 Å². The molecular weight excluding hydrogens is 416 g/mol. The van der Waals surface area contributed by atoms with Crippen molar-refractivity contribution in [3.8, 4) is 0 Å². The zero-order valence-corrected chi connectivity index (χ0v) is 18.9. The van der Waals surface area contributed by atoms with Gasteiger partial charge in [-0.3, -0.25) is 9.59 Å². The molecular formula is C22H29N4O4S. The van der Waals surface area contributed by atoms with E-state index in [9.17, 15) is 14.4 Å². The highest BCUT2D eigenvalue weighted by Gasteiger charge is 2.23. The van der Waals surface area contributed by atoms with Gasteiger partial charge in [-0.25, -0.2) is 9.78 Å². The third-order valence-corrected chi connectivity index (χ3v) is 5.05. The Bertz CT molecular complexity index is 854. The molecule has 0 saturated carbocycles. The molecule has 31 heavy (non-hydrogen) atoms. The van der Waals surface area contributed by atoms with Crippen molar-refractivity contribution in [3.63, 3.8) is 0 Å². The van der Waals surface area contributed by atoms with Crippen molar-refractivity contribution < 1.29 is 19.1 Å². The van der Waals surface area contributed by atoms with Gasteiger partial charge < -0.3 is 19.9 Å². The number of aromatic nitrogens is 2. The van der Waals surface area contributed by atoms with Crippen LogP contribution >= 0.6 is 11.8 Å². The molecule has 2 aromatic rings. The summed E-state index contributed by atoms with van der Waals surface area (Å²) in [5.74, 6) is -0.470. The molecule has 2 rings (SSSR count). The highest BCUT2D eigenvalue weighted by atomic mass is 32.2. The second-order valence-corrected chi connectivity index (χ2v) is 8.28. The number of hydrogen-bond acceptors (Lipinski definition) is 6. The first-order valence-electron chi connectivity index (χ1n) is 10.0. The molecule has 167 valence electrons. The zero-order chi connectivity index (χ0) is 22.6. The number of amides is 2. The number of nitrogens with one attached hydrogen (secondary N) is 2. The smallest absolute Gasteiger partial charge is 0.328 e. The summed E-state index contributed by atoms with van der Waals surface area (Å²) < 4.78 is 6.75. The number of methoxy groups -OCH3 is 1. The molecule has 2 N–H and O–H groups in total. The van der Waals surface area contributed by atoms with E-state index in [2.05, 4.69) is 15.6 Å². The van der Waals surface area contributed by atoms with E-state index in [0.717, 1.165) is 5.56 Å². The Morgan fingerprint density at radius 2 is 1.94 bits per heavy atom. The average molecular weight is 446 g/mol. The Morgan fingerprint density at radius 3 is 2.61 bits per heavy atom. The Kier molecular flexibility index (Phi) is 10.1. The molecule has 8 nitrogen and oxygen atoms in total. The molecule has 1 aromatic heterocycles. The molecule has 9 heteroatoms. The van der Waals surface area contributed by atoms with Crippen LogP contribution in [-0.2, 0) is 32.1 Å². The number of hydrogen-bond donors (Lipinski definition) is 2. The van der Waals surface area contributed by atoms with Crippen molar-refractivity contribution in [3.05, 3.63) is 60.5 Å². The van der Waals surface area contributed by atoms with Gasteiger partial charge in [0.2, 0.25) is 11.8 Å². The molecule has 1 atom stereocenters. The number of imidazole rings is 1. The summed E-state index contributed by atoms with van der Waals surface area (Å²) in [7, 11) is 1.28. The van der Waals surface area contributed by atoms with E-state index in [1.165, 1.54) is 25.3 Å². The molecule has 0 spiro atoms. The van der Waals surface area contributed by atoms with Crippen molar-refractivity contribution in [2.75, 3.05) is 18.6 Å². The van der Waals surface area contributed by atoms with Gasteiger partial charge in [0.1, 0.15) is 6.04 Å². The highest BCUT2D eigenvalue weighted by molar-refractivity contribution is 8.00. The van der Waals surface area contributed by atoms with Gasteiger partial charge in [-0.1, -0.05) is 30.3 Å². The summed E-state index contributed by atoms with van der Waals surface area (Å²) in [5, 5.41) is 5.45. The first-order chi connectivity index (χ1) is 14.9. The Balaban J connectivity index is 1.83. The Morgan fingerprint density at radius 1 is 1.19 bits per heavy atom. The van der Waals surface area contributed by atoms with Crippen LogP contribution < -0.4 is 10.6 Å². The summed E-state index contributed by atoms with van der Waals surface area (Å²) in [5.41, 5.74) is 1.82. The molecule has 0 unspecified atom stereocenters. The molecule has 0 aliphatic carbocycles. The van der Waals surface area contributed by atoms with E-state index in [0.29, 0.717) is 18.0 Å². The number of thioether (sulfide) groups is 1. The number of rotatable bonds is 12. The van der Waals surface area contributed by atoms with E-state index in [1.54, 1.807) is 6.33 Å². The van der Waals surface area contributed by atoms with Gasteiger partial charge in [-0.15, -0.1) is 0 Å². The molecule has 1 heterocycles. The summed E-state index contributed by atoms with van der Waals surface area (Å²) in [6.45, 7) is 4.43. The standard InChI is InChI=1S/C22H29N4O4S/c1-16(2)24-20(27)9-10-31-14-21(28)25-19(22(29)30-3)11-18-13-26(15-23-18)12-17-7-5-4-6-8-17/h4-9,13,15-16,19H,10-12,14H2,1-3H3,(H,24,27)(H,25,28)/t19-/m0/s1. The minimum Gasteiger partial charge on any atom is -0.467 e. The summed E-state index contributed by atoms with van der Waals surface area (Å²) in [6.07, 6.45) is 5.28. The van der Waals surface area contributed by atoms with E-state index >= 15 is 0 Å². The minimum atomic E-state index is -0.827. The second-order valence-electron chi connectivity index (χ2n) is 7.25. The van der Waals surface area contributed by atoms with Crippen LogP contribution in [-0.4, -0.2) is 58.0 Å². The zero-order valence-electron chi connectivity index (χ0n) is 18.0. The van der Waals surface area contributed by atoms with E-state index in [1.807, 2.05) is 54.9 Å². The molecule has 0 aliphatic rings. The molecule has 0 fully saturated rings. The van der Waals surface area contributed by atoms with Crippen LogP contribution in [0.5, 0.6) is 0 Å². The van der Waals surface area contributed by atoms with Gasteiger partial charge in [0.15, 0.2) is 0 Å². The summed E-state index contributed by atoms with van der Waals surface area (Å²) in [6, 6.07) is 9.20. The normalized spacial score (nSPS) is 11.7. The number of nitrogens with zero attached hydrogens (tertiary/aromatic N) is 2. The molecule has 2 amide bonds. The fraction of sp³-hybridized carbons (Fsp3) is 0.409. The van der Waals surface area contributed by atoms with Crippen molar-refractivity contribution in [1.82, 2.24) is 20.2 Å². The van der Waals surface area contributed by atoms with E-state index < -0.39 is 12.0 Å². The third kappa shape index (κ3) is 9.25. The molecule has 0 bridgehead atoms. The predicted molar refractivity (Wildman–Crippen MR) is 120 cm³/mol. The lowest BCUT2D eigenvalue weighted by molar-refractivity contribution is -0.144. The number of ether oxygens (including phenoxy) is 1. The van der Waals surface area contributed by atoms with Gasteiger partial charge in [-0.2, -0.15) is 11.8 Å². The number of carbonyl (C=O) groups is 3. The molecule has 1 aromatic carbocycles. The van der Waals surface area contributed by atoms with Crippen LogP contribution in [0.1, 0.15) is 25.1 Å². The second kappa shape index (κ2) is 12.8. The van der Waals surface area contributed by atoms with Crippen LogP contribution in [0.4, 0.5) is 0 Å². The van der Waals surface area contributed by atoms with Gasteiger partial charge in [0, 0.05) is 31.0 Å². The minimum absolute atomic E-state index is 0.0639. The first kappa shape index (κ1) is 24.5. The van der Waals surface area contributed by atoms with Gasteiger partial charge >= 0.3 is 5.97 Å². The van der Waals surface area contributed by atoms with Crippen molar-refractivity contribution >= 4 is 29.5 Å². The maximum atomic E-state index is 12.3. The summed E-state index contributed by atoms with van der Waals surface area (Å²) >= 11 is 1.29. The lowest BCUT2D eigenvalue weighted by Crippen LogP contribution is -2.44. The fourth-order valence-electron chi connectivity index (χ4n) is 2.80. The number of esters is 1. The Hall–Kier alpha value is -2.81. The summed E-state index contributed by atoms with van der Waals surface area (Å²) in [4.78, 5) is 40.3. The number of benzene rings is 1. The third-order valence-electron chi connectivity index (χ3n) is 4.18. The monoisotopic (exact) mass is 445 g/mol. The molecule has 1 radical (unpaired) electrons. The largest absolute Gasteiger partial charge is 0.467 e. The fourth-order valence-corrected chi connectivity index (χ4v) is 3.46. The van der Waals surface area contributed by atoms with Crippen molar-refractivity contribution in [1.29, 1.82) is 0 Å². The maximum Gasteiger partial charge on any atom is 0.328 e. The van der Waals surface area contributed by atoms with Gasteiger partial charge in [-0.05, 0) is 19.4 Å². The van der Waals surface area contributed by atoms with Crippen molar-refractivity contribution in [2.45, 2.75) is 38.9 Å². The van der Waals surface area contributed by atoms with Crippen LogP contribution in [0, 0.1) is 6.42 Å². The van der Waals surface area contributed by atoms with Crippen LogP contribution in [0.15, 0.2) is 42.9 Å². The van der Waals surface area contributed by atoms with Gasteiger partial charge in [0.05, 0.1) is 31.3 Å².